The summed E-state index contributed by atoms with van der Waals surface area (Å²) in [5.41, 5.74) is 2.78. The Morgan fingerprint density at radius 3 is 2.65 bits per heavy atom. The fourth-order valence-electron chi connectivity index (χ4n) is 2.54. The van der Waals surface area contributed by atoms with Crippen molar-refractivity contribution in [3.63, 3.8) is 0 Å². The molecule has 0 radical (unpaired) electrons. The minimum absolute atomic E-state index is 0.149. The van der Waals surface area contributed by atoms with Crippen LogP contribution in [0.5, 0.6) is 0 Å². The Bertz CT molecular complexity index is 956. The number of aromatic nitrogens is 2. The average Bonchev–Trinajstić information content (AvgIpc) is 3.24. The third kappa shape index (κ3) is 2.62. The monoisotopic (exact) mass is 319 g/mol. The van der Waals surface area contributed by atoms with E-state index in [9.17, 15) is 4.79 Å². The highest BCUT2D eigenvalue weighted by Gasteiger charge is 2.08. The van der Waals surface area contributed by atoms with Crippen LogP contribution in [0.3, 0.4) is 0 Å². The molecule has 2 heterocycles. The van der Waals surface area contributed by atoms with E-state index in [1.807, 2.05) is 48.0 Å². The van der Waals surface area contributed by atoms with Crippen LogP contribution in [0.2, 0.25) is 0 Å². The average molecular weight is 319 g/mol. The van der Waals surface area contributed by atoms with Crippen LogP contribution in [0.15, 0.2) is 72.4 Å². The molecule has 2 aromatic heterocycles. The van der Waals surface area contributed by atoms with Crippen LogP contribution in [0.4, 0.5) is 5.13 Å². The zero-order valence-electron chi connectivity index (χ0n) is 12.1. The minimum atomic E-state index is -0.149. The summed E-state index contributed by atoms with van der Waals surface area (Å²) in [6, 6.07) is 17.8. The van der Waals surface area contributed by atoms with Crippen LogP contribution in [0, 0.1) is 0 Å². The second kappa shape index (κ2) is 5.70. The van der Waals surface area contributed by atoms with Crippen molar-refractivity contribution in [1.29, 1.82) is 0 Å². The first-order valence-corrected chi connectivity index (χ1v) is 8.06. The van der Waals surface area contributed by atoms with Gasteiger partial charge in [-0.15, -0.1) is 11.3 Å². The summed E-state index contributed by atoms with van der Waals surface area (Å²) in [5, 5.41) is 6.41. The number of hydrogen-bond acceptors (Lipinski definition) is 3. The normalized spacial score (nSPS) is 10.8. The van der Waals surface area contributed by atoms with E-state index in [1.54, 1.807) is 6.20 Å². The third-order valence-electron chi connectivity index (χ3n) is 3.66. The highest BCUT2D eigenvalue weighted by Crippen LogP contribution is 2.21. The number of thiazole rings is 1. The van der Waals surface area contributed by atoms with Crippen molar-refractivity contribution in [3.8, 4) is 5.69 Å². The Balaban J connectivity index is 1.62. The molecule has 0 spiro atoms. The van der Waals surface area contributed by atoms with Gasteiger partial charge in [0, 0.05) is 29.0 Å². The van der Waals surface area contributed by atoms with Gasteiger partial charge < -0.3 is 4.57 Å². The first kappa shape index (κ1) is 13.7. The van der Waals surface area contributed by atoms with Gasteiger partial charge in [-0.05, 0) is 41.8 Å². The van der Waals surface area contributed by atoms with Gasteiger partial charge in [0.1, 0.15) is 0 Å². The summed E-state index contributed by atoms with van der Waals surface area (Å²) in [7, 11) is 0. The molecule has 0 fully saturated rings. The van der Waals surface area contributed by atoms with Gasteiger partial charge in [0.15, 0.2) is 5.13 Å². The Labute approximate surface area is 137 Å². The molecule has 0 aliphatic heterocycles. The van der Waals surface area contributed by atoms with Gasteiger partial charge in [-0.1, -0.05) is 18.2 Å². The second-order valence-corrected chi connectivity index (χ2v) is 5.98. The third-order valence-corrected chi connectivity index (χ3v) is 4.35. The number of para-hydroxylation sites is 1. The van der Waals surface area contributed by atoms with E-state index in [0.29, 0.717) is 10.7 Å². The fourth-order valence-corrected chi connectivity index (χ4v) is 3.06. The number of rotatable bonds is 3. The summed E-state index contributed by atoms with van der Waals surface area (Å²) in [5.74, 6) is -0.149. The summed E-state index contributed by atoms with van der Waals surface area (Å²) in [6.45, 7) is 0. The zero-order valence-corrected chi connectivity index (χ0v) is 13.0. The topological polar surface area (TPSA) is 46.9 Å². The van der Waals surface area contributed by atoms with Crippen LogP contribution in [0.25, 0.3) is 16.6 Å². The van der Waals surface area contributed by atoms with Crippen molar-refractivity contribution in [3.05, 3.63) is 77.9 Å². The van der Waals surface area contributed by atoms with Gasteiger partial charge in [-0.2, -0.15) is 0 Å². The lowest BCUT2D eigenvalue weighted by atomic mass is 10.2. The summed E-state index contributed by atoms with van der Waals surface area (Å²) < 4.78 is 2.11. The largest absolute Gasteiger partial charge is 0.317 e. The number of fused-ring (bicyclic) bond motifs is 1. The van der Waals surface area contributed by atoms with Gasteiger partial charge in [0.2, 0.25) is 0 Å². The van der Waals surface area contributed by atoms with Gasteiger partial charge in [-0.25, -0.2) is 4.98 Å². The molecule has 23 heavy (non-hydrogen) atoms. The first-order valence-electron chi connectivity index (χ1n) is 7.19. The molecule has 2 aromatic carbocycles. The van der Waals surface area contributed by atoms with Gasteiger partial charge >= 0.3 is 0 Å². The zero-order chi connectivity index (χ0) is 15.6. The molecule has 0 aliphatic carbocycles. The molecule has 0 saturated heterocycles. The quantitative estimate of drug-likeness (QED) is 0.610. The van der Waals surface area contributed by atoms with Crippen molar-refractivity contribution < 1.29 is 4.79 Å². The summed E-state index contributed by atoms with van der Waals surface area (Å²) >= 11 is 1.40. The summed E-state index contributed by atoms with van der Waals surface area (Å²) in [4.78, 5) is 16.2. The SMILES string of the molecule is O=C(Nc1nccs1)c1ccc(-n2ccc3ccccc32)cc1. The van der Waals surface area contributed by atoms with Crippen LogP contribution in [-0.4, -0.2) is 15.5 Å². The molecule has 1 amide bonds. The Morgan fingerprint density at radius 2 is 1.87 bits per heavy atom. The van der Waals surface area contributed by atoms with Gasteiger partial charge in [0.25, 0.3) is 5.91 Å². The van der Waals surface area contributed by atoms with E-state index < -0.39 is 0 Å². The molecule has 0 atom stereocenters. The lowest BCUT2D eigenvalue weighted by molar-refractivity contribution is 0.102. The Morgan fingerprint density at radius 1 is 1.04 bits per heavy atom. The number of carbonyl (C=O) groups is 1. The van der Waals surface area contributed by atoms with Crippen molar-refractivity contribution in [2.24, 2.45) is 0 Å². The van der Waals surface area contributed by atoms with Crippen LogP contribution in [0.1, 0.15) is 10.4 Å². The van der Waals surface area contributed by atoms with E-state index in [4.69, 9.17) is 0 Å². The predicted molar refractivity (Wildman–Crippen MR) is 93.3 cm³/mol. The van der Waals surface area contributed by atoms with Crippen molar-refractivity contribution >= 4 is 33.3 Å². The molecule has 0 bridgehead atoms. The maximum atomic E-state index is 12.2. The molecule has 112 valence electrons. The number of nitrogens with one attached hydrogen (secondary N) is 1. The molecule has 0 unspecified atom stereocenters. The number of carbonyl (C=O) groups excluding carboxylic acids is 1. The molecule has 0 aliphatic rings. The second-order valence-electron chi connectivity index (χ2n) is 5.08. The molecule has 4 nitrogen and oxygen atoms in total. The molecule has 4 rings (SSSR count). The Hall–Kier alpha value is -2.92. The molecular formula is C18H13N3OS. The highest BCUT2D eigenvalue weighted by molar-refractivity contribution is 7.13. The van der Waals surface area contributed by atoms with Crippen LogP contribution >= 0.6 is 11.3 Å². The molecule has 1 N–H and O–H groups in total. The molecule has 5 heteroatoms. The predicted octanol–water partition coefficient (Wildman–Crippen LogP) is 4.34. The summed E-state index contributed by atoms with van der Waals surface area (Å²) in [6.07, 6.45) is 3.70. The lowest BCUT2D eigenvalue weighted by Gasteiger charge is -2.07. The van der Waals surface area contributed by atoms with E-state index in [1.165, 1.54) is 16.7 Å². The van der Waals surface area contributed by atoms with Crippen molar-refractivity contribution in [2.75, 3.05) is 5.32 Å². The number of hydrogen-bond donors (Lipinski definition) is 1. The standard InChI is InChI=1S/C18H13N3OS/c22-17(20-18-19-10-12-23-18)14-5-7-15(8-6-14)21-11-9-13-3-1-2-4-16(13)21/h1-12H,(H,19,20,22). The van der Waals surface area contributed by atoms with Gasteiger partial charge in [0.05, 0.1) is 5.52 Å². The molecule has 4 aromatic rings. The van der Waals surface area contributed by atoms with Gasteiger partial charge in [-0.3, -0.25) is 10.1 Å². The smallest absolute Gasteiger partial charge is 0.257 e. The lowest BCUT2D eigenvalue weighted by Crippen LogP contribution is -2.11. The molecule has 0 saturated carbocycles. The number of benzene rings is 2. The molecular weight excluding hydrogens is 306 g/mol. The number of nitrogens with zero attached hydrogens (tertiary/aromatic N) is 2. The van der Waals surface area contributed by atoms with Crippen molar-refractivity contribution in [2.45, 2.75) is 0 Å². The van der Waals surface area contributed by atoms with E-state index in [0.717, 1.165) is 11.2 Å². The first-order chi connectivity index (χ1) is 11.3. The van der Waals surface area contributed by atoms with Crippen molar-refractivity contribution in [1.82, 2.24) is 9.55 Å². The van der Waals surface area contributed by atoms with E-state index in [-0.39, 0.29) is 5.91 Å². The highest BCUT2D eigenvalue weighted by atomic mass is 32.1. The fraction of sp³-hybridized carbons (Fsp3) is 0. The maximum absolute atomic E-state index is 12.2. The van der Waals surface area contributed by atoms with E-state index in [2.05, 4.69) is 33.1 Å². The van der Waals surface area contributed by atoms with Crippen LogP contribution in [-0.2, 0) is 0 Å². The van der Waals surface area contributed by atoms with Crippen LogP contribution < -0.4 is 5.32 Å². The van der Waals surface area contributed by atoms with E-state index >= 15 is 0 Å². The number of anilines is 1. The minimum Gasteiger partial charge on any atom is -0.317 e. The number of amides is 1. The maximum Gasteiger partial charge on any atom is 0.257 e. The Kier molecular flexibility index (Phi) is 3.40.